The van der Waals surface area contributed by atoms with E-state index in [2.05, 4.69) is 45.1 Å². The molecule has 120 valence electrons. The van der Waals surface area contributed by atoms with Crippen molar-refractivity contribution in [2.75, 3.05) is 13.1 Å². The van der Waals surface area contributed by atoms with Gasteiger partial charge in [0, 0.05) is 27.5 Å². The second-order valence-corrected chi connectivity index (χ2v) is 7.40. The van der Waals surface area contributed by atoms with Gasteiger partial charge in [0.2, 0.25) is 0 Å². The van der Waals surface area contributed by atoms with Crippen molar-refractivity contribution in [3.63, 3.8) is 0 Å². The first-order valence-electron chi connectivity index (χ1n) is 7.88. The molecule has 0 radical (unpaired) electrons. The summed E-state index contributed by atoms with van der Waals surface area (Å²) >= 11 is 9.35. The van der Waals surface area contributed by atoms with Crippen LogP contribution >= 0.6 is 27.5 Å². The molecule has 2 aromatic carbocycles. The molecule has 23 heavy (non-hydrogen) atoms. The molecule has 0 unspecified atom stereocenters. The molecular formula is C19H19BrClNO. The zero-order valence-electron chi connectivity index (χ0n) is 12.8. The number of carbonyl (C=O) groups excluding carboxylic acids is 1. The quantitative estimate of drug-likeness (QED) is 0.667. The fraction of sp³-hybridized carbons (Fsp3) is 0.316. The lowest BCUT2D eigenvalue weighted by Crippen LogP contribution is -2.35. The van der Waals surface area contributed by atoms with Gasteiger partial charge in [-0.05, 0) is 67.9 Å². The van der Waals surface area contributed by atoms with Gasteiger partial charge >= 0.3 is 0 Å². The van der Waals surface area contributed by atoms with E-state index >= 15 is 0 Å². The third kappa shape index (κ3) is 4.43. The van der Waals surface area contributed by atoms with E-state index in [-0.39, 0.29) is 11.7 Å². The van der Waals surface area contributed by atoms with Crippen LogP contribution in [0.3, 0.4) is 0 Å². The summed E-state index contributed by atoms with van der Waals surface area (Å²) in [4.78, 5) is 15.0. The third-order valence-corrected chi connectivity index (χ3v) is 5.19. The number of Topliss-reactive ketones (excluding diaryl/α,β-unsaturated/α-hetero) is 1. The minimum Gasteiger partial charge on any atom is -0.299 e. The van der Waals surface area contributed by atoms with Crippen LogP contribution in [0.15, 0.2) is 53.0 Å². The Kier molecular flexibility index (Phi) is 5.52. The summed E-state index contributed by atoms with van der Waals surface area (Å²) in [5.74, 6) is 0.391. The average molecular weight is 393 g/mol. The van der Waals surface area contributed by atoms with Gasteiger partial charge in [-0.2, -0.15) is 0 Å². The summed E-state index contributed by atoms with van der Waals surface area (Å²) in [6, 6.07) is 15.7. The van der Waals surface area contributed by atoms with E-state index in [0.717, 1.165) is 42.5 Å². The number of likely N-dealkylation sites (tertiary alicyclic amines) is 1. The molecule has 2 aromatic rings. The third-order valence-electron chi connectivity index (χ3n) is 4.41. The normalized spacial score (nSPS) is 16.4. The number of hydrogen-bond donors (Lipinski definition) is 0. The summed E-state index contributed by atoms with van der Waals surface area (Å²) < 4.78 is 1.11. The van der Waals surface area contributed by atoms with Gasteiger partial charge in [-0.15, -0.1) is 0 Å². The lowest BCUT2D eigenvalue weighted by molar-refractivity contribution is 0.0835. The number of halogens is 2. The molecule has 0 amide bonds. The summed E-state index contributed by atoms with van der Waals surface area (Å²) in [5.41, 5.74) is 2.09. The van der Waals surface area contributed by atoms with Gasteiger partial charge in [0.15, 0.2) is 5.78 Å². The van der Waals surface area contributed by atoms with Gasteiger partial charge in [0.25, 0.3) is 0 Å². The van der Waals surface area contributed by atoms with Crippen molar-refractivity contribution < 1.29 is 4.79 Å². The van der Waals surface area contributed by atoms with Crippen LogP contribution in [-0.4, -0.2) is 23.8 Å². The van der Waals surface area contributed by atoms with Crippen LogP contribution in [0.25, 0.3) is 0 Å². The number of carbonyl (C=O) groups is 1. The summed E-state index contributed by atoms with van der Waals surface area (Å²) in [6.07, 6.45) is 1.86. The van der Waals surface area contributed by atoms with E-state index in [1.165, 1.54) is 5.56 Å². The Hall–Kier alpha value is -1.16. The number of nitrogens with zero attached hydrogens (tertiary/aromatic N) is 1. The Morgan fingerprint density at radius 2 is 1.65 bits per heavy atom. The lowest BCUT2D eigenvalue weighted by Gasteiger charge is -2.31. The Labute approximate surface area is 150 Å². The maximum Gasteiger partial charge on any atom is 0.166 e. The molecule has 1 aliphatic heterocycles. The predicted molar refractivity (Wildman–Crippen MR) is 97.9 cm³/mol. The lowest BCUT2D eigenvalue weighted by atomic mass is 9.89. The molecule has 3 rings (SSSR count). The maximum atomic E-state index is 12.5. The highest BCUT2D eigenvalue weighted by Gasteiger charge is 2.25. The molecule has 1 saturated heterocycles. The highest BCUT2D eigenvalue weighted by atomic mass is 79.9. The monoisotopic (exact) mass is 391 g/mol. The molecule has 0 bridgehead atoms. The maximum absolute atomic E-state index is 12.5. The van der Waals surface area contributed by atoms with Crippen LogP contribution in [0.1, 0.15) is 28.8 Å². The van der Waals surface area contributed by atoms with Crippen LogP contribution in [0, 0.1) is 5.92 Å². The molecule has 0 spiro atoms. The standard InChI is InChI=1S/C19H19BrClNO/c20-17-5-1-14(2-6-17)13-22-11-9-16(10-12-22)19(23)15-3-7-18(21)8-4-15/h1-8,16H,9-13H2. The molecule has 0 aromatic heterocycles. The average Bonchev–Trinajstić information content (AvgIpc) is 2.58. The highest BCUT2D eigenvalue weighted by Crippen LogP contribution is 2.24. The van der Waals surface area contributed by atoms with Crippen LogP contribution in [-0.2, 0) is 6.54 Å². The Morgan fingerprint density at radius 1 is 1.04 bits per heavy atom. The van der Waals surface area contributed by atoms with Crippen molar-refractivity contribution >= 4 is 33.3 Å². The largest absolute Gasteiger partial charge is 0.299 e. The summed E-state index contributed by atoms with van der Waals surface area (Å²) in [7, 11) is 0. The molecule has 0 atom stereocenters. The van der Waals surface area contributed by atoms with Crippen molar-refractivity contribution in [1.29, 1.82) is 0 Å². The second kappa shape index (κ2) is 7.61. The van der Waals surface area contributed by atoms with Gasteiger partial charge in [0.1, 0.15) is 0 Å². The molecule has 0 aliphatic carbocycles. The van der Waals surface area contributed by atoms with Crippen LogP contribution in [0.2, 0.25) is 5.02 Å². The summed E-state index contributed by atoms with van der Waals surface area (Å²) in [5, 5.41) is 0.672. The van der Waals surface area contributed by atoms with Crippen molar-refractivity contribution in [3.05, 3.63) is 69.2 Å². The van der Waals surface area contributed by atoms with Gasteiger partial charge < -0.3 is 0 Å². The first-order valence-corrected chi connectivity index (χ1v) is 9.05. The Balaban J connectivity index is 1.54. The van der Waals surface area contributed by atoms with Crippen molar-refractivity contribution in [1.82, 2.24) is 4.90 Å². The Bertz CT molecular complexity index is 661. The number of ketones is 1. The van der Waals surface area contributed by atoms with E-state index in [4.69, 9.17) is 11.6 Å². The van der Waals surface area contributed by atoms with Crippen LogP contribution in [0.4, 0.5) is 0 Å². The van der Waals surface area contributed by atoms with E-state index in [1.54, 1.807) is 12.1 Å². The number of rotatable bonds is 4. The van der Waals surface area contributed by atoms with E-state index in [0.29, 0.717) is 5.02 Å². The summed E-state index contributed by atoms with van der Waals surface area (Å²) in [6.45, 7) is 2.90. The molecule has 1 fully saturated rings. The topological polar surface area (TPSA) is 20.3 Å². The van der Waals surface area contributed by atoms with Gasteiger partial charge in [-0.1, -0.05) is 39.7 Å². The fourth-order valence-electron chi connectivity index (χ4n) is 3.05. The first-order chi connectivity index (χ1) is 11.1. The van der Waals surface area contributed by atoms with Crippen molar-refractivity contribution in [3.8, 4) is 0 Å². The highest BCUT2D eigenvalue weighted by molar-refractivity contribution is 9.10. The van der Waals surface area contributed by atoms with Crippen molar-refractivity contribution in [2.45, 2.75) is 19.4 Å². The molecule has 4 heteroatoms. The van der Waals surface area contributed by atoms with Gasteiger partial charge in [-0.25, -0.2) is 0 Å². The van der Waals surface area contributed by atoms with E-state index < -0.39 is 0 Å². The molecule has 2 nitrogen and oxygen atoms in total. The number of benzene rings is 2. The zero-order valence-corrected chi connectivity index (χ0v) is 15.2. The van der Waals surface area contributed by atoms with Gasteiger partial charge in [-0.3, -0.25) is 9.69 Å². The van der Waals surface area contributed by atoms with E-state index in [1.807, 2.05) is 12.1 Å². The second-order valence-electron chi connectivity index (χ2n) is 6.05. The minimum absolute atomic E-state index is 0.136. The van der Waals surface area contributed by atoms with Crippen LogP contribution in [0.5, 0.6) is 0 Å². The molecule has 1 aliphatic rings. The van der Waals surface area contributed by atoms with Gasteiger partial charge in [0.05, 0.1) is 0 Å². The number of piperidine rings is 1. The van der Waals surface area contributed by atoms with Crippen LogP contribution < -0.4 is 0 Å². The predicted octanol–water partition coefficient (Wildman–Crippen LogP) is 5.20. The molecule has 1 heterocycles. The molecular weight excluding hydrogens is 374 g/mol. The molecule has 0 saturated carbocycles. The fourth-order valence-corrected chi connectivity index (χ4v) is 3.44. The van der Waals surface area contributed by atoms with E-state index in [9.17, 15) is 4.79 Å². The Morgan fingerprint density at radius 3 is 2.26 bits per heavy atom. The number of hydrogen-bond acceptors (Lipinski definition) is 2. The van der Waals surface area contributed by atoms with Crippen molar-refractivity contribution in [2.24, 2.45) is 5.92 Å². The zero-order chi connectivity index (χ0) is 16.2. The molecule has 0 N–H and O–H groups in total. The first kappa shape index (κ1) is 16.7. The smallest absolute Gasteiger partial charge is 0.166 e. The minimum atomic E-state index is 0.136. The SMILES string of the molecule is O=C(c1ccc(Cl)cc1)C1CCN(Cc2ccc(Br)cc2)CC1.